The quantitative estimate of drug-likeness (QED) is 0.0262. The predicted octanol–water partition coefficient (Wildman–Crippen LogP) is 18.0. The molecule has 0 N–H and O–H groups in total. The minimum Gasteiger partial charge on any atom is -0.462 e. The first kappa shape index (κ1) is 61.6. The van der Waals surface area contributed by atoms with Crippen LogP contribution in [0.5, 0.6) is 0 Å². The second-order valence-corrected chi connectivity index (χ2v) is 17.7. The highest BCUT2D eigenvalue weighted by Gasteiger charge is 2.19. The molecular weight excluding hydrogens is 805 g/mol. The number of hydrogen-bond acceptors (Lipinski definition) is 6. The van der Waals surface area contributed by atoms with Gasteiger partial charge in [0.1, 0.15) is 13.2 Å². The van der Waals surface area contributed by atoms with E-state index in [1.54, 1.807) is 0 Å². The Hall–Kier alpha value is -3.41. The van der Waals surface area contributed by atoms with E-state index in [1.165, 1.54) is 122 Å². The maximum atomic E-state index is 12.8. The lowest BCUT2D eigenvalue weighted by atomic mass is 10.1. The zero-order chi connectivity index (χ0) is 47.2. The minimum atomic E-state index is -0.823. The average molecular weight is 905 g/mol. The van der Waals surface area contributed by atoms with Crippen molar-refractivity contribution in [3.05, 3.63) is 85.1 Å². The highest BCUT2D eigenvalue weighted by atomic mass is 16.6. The van der Waals surface area contributed by atoms with E-state index in [0.29, 0.717) is 19.3 Å². The van der Waals surface area contributed by atoms with E-state index in [0.717, 1.165) is 83.5 Å². The summed E-state index contributed by atoms with van der Waals surface area (Å²) in [5.41, 5.74) is 0. The molecule has 0 radical (unpaired) electrons. The van der Waals surface area contributed by atoms with Crippen LogP contribution in [0.1, 0.15) is 252 Å². The molecule has 0 aromatic rings. The van der Waals surface area contributed by atoms with Gasteiger partial charge in [-0.1, -0.05) is 215 Å². The Labute approximate surface area is 401 Å². The van der Waals surface area contributed by atoms with Gasteiger partial charge in [0.15, 0.2) is 6.10 Å². The first-order valence-corrected chi connectivity index (χ1v) is 27.1. The Morgan fingerprint density at radius 2 is 0.631 bits per heavy atom. The summed E-state index contributed by atoms with van der Waals surface area (Å²) in [4.78, 5) is 38.0. The molecule has 6 nitrogen and oxygen atoms in total. The van der Waals surface area contributed by atoms with E-state index in [4.69, 9.17) is 14.2 Å². The number of carbonyl (C=O) groups excluding carboxylic acids is 3. The maximum Gasteiger partial charge on any atom is 0.306 e. The number of rotatable bonds is 48. The van der Waals surface area contributed by atoms with Gasteiger partial charge in [0.25, 0.3) is 0 Å². The van der Waals surface area contributed by atoms with Crippen LogP contribution in [0.3, 0.4) is 0 Å². The zero-order valence-corrected chi connectivity index (χ0v) is 42.5. The Morgan fingerprint density at radius 3 is 1.02 bits per heavy atom. The van der Waals surface area contributed by atoms with Gasteiger partial charge in [-0.15, -0.1) is 0 Å². The molecule has 0 spiro atoms. The van der Waals surface area contributed by atoms with Crippen LogP contribution in [-0.4, -0.2) is 37.2 Å². The average Bonchev–Trinajstić information content (AvgIpc) is 3.30. The third kappa shape index (κ3) is 51.4. The van der Waals surface area contributed by atoms with Crippen molar-refractivity contribution in [2.45, 2.75) is 258 Å². The van der Waals surface area contributed by atoms with Crippen molar-refractivity contribution in [3.63, 3.8) is 0 Å². The highest BCUT2D eigenvalue weighted by molar-refractivity contribution is 5.71. The molecule has 0 aliphatic carbocycles. The Bertz CT molecular complexity index is 1270. The monoisotopic (exact) mass is 905 g/mol. The molecule has 0 fully saturated rings. The summed E-state index contributed by atoms with van der Waals surface area (Å²) in [6.45, 7) is 6.44. The van der Waals surface area contributed by atoms with Gasteiger partial charge in [-0.05, 0) is 103 Å². The molecule has 6 heteroatoms. The van der Waals surface area contributed by atoms with Crippen LogP contribution in [0.4, 0.5) is 0 Å². The van der Waals surface area contributed by atoms with Crippen molar-refractivity contribution in [2.24, 2.45) is 0 Å². The summed E-state index contributed by atoms with van der Waals surface area (Å²) < 4.78 is 16.7. The van der Waals surface area contributed by atoms with Gasteiger partial charge in [0.2, 0.25) is 0 Å². The lowest BCUT2D eigenvalue weighted by Crippen LogP contribution is -2.30. The molecule has 0 aromatic carbocycles. The van der Waals surface area contributed by atoms with Gasteiger partial charge in [0.05, 0.1) is 0 Å². The van der Waals surface area contributed by atoms with Crippen LogP contribution in [0.2, 0.25) is 0 Å². The minimum absolute atomic E-state index is 0.113. The zero-order valence-electron chi connectivity index (χ0n) is 42.5. The molecule has 0 saturated heterocycles. The first-order valence-electron chi connectivity index (χ1n) is 27.1. The SMILES string of the molecule is CC/C=C\C/C=C\C/C=C\C/C=C\C/C=C\CCC(=O)OC(COC(=O)CCCCC/C=C\CCCCCCCCC)COC(=O)CCCCCCCCC/C=C\CCCCCCCC. The summed E-state index contributed by atoms with van der Waals surface area (Å²) in [7, 11) is 0. The van der Waals surface area contributed by atoms with Gasteiger partial charge in [-0.25, -0.2) is 0 Å². The van der Waals surface area contributed by atoms with Crippen LogP contribution in [0.25, 0.3) is 0 Å². The van der Waals surface area contributed by atoms with Gasteiger partial charge in [-0.3, -0.25) is 14.4 Å². The molecule has 0 aromatic heterocycles. The Balaban J connectivity index is 4.51. The van der Waals surface area contributed by atoms with Gasteiger partial charge < -0.3 is 14.2 Å². The summed E-state index contributed by atoms with van der Waals surface area (Å²) in [5.74, 6) is -1.02. The lowest BCUT2D eigenvalue weighted by molar-refractivity contribution is -0.166. The number of unbranched alkanes of at least 4 members (excludes halogenated alkanes) is 23. The van der Waals surface area contributed by atoms with Crippen LogP contribution in [-0.2, 0) is 28.6 Å². The standard InChI is InChI=1S/C59H100O6/c1-4-7-10-13-16-19-22-25-28-30-32-34-37-40-43-46-49-52-58(61)64-55-56(54-63-57(60)51-48-45-42-39-36-33-27-24-21-18-15-12-9-6-3)65-59(62)53-50-47-44-41-38-35-31-29-26-23-20-17-14-11-8-5-2/h8,11,17,20,25-26,28-29,33,35-36,38,44,47,56H,4-7,9-10,12-16,18-19,21-24,27,30-32,34,37,39-43,45-46,48-55H2,1-3H3/b11-8-,20-17-,28-25-,29-26-,36-33-,38-35-,47-44-. The summed E-state index contributed by atoms with van der Waals surface area (Å²) in [6.07, 6.45) is 68.7. The Morgan fingerprint density at radius 1 is 0.323 bits per heavy atom. The lowest BCUT2D eigenvalue weighted by Gasteiger charge is -2.18. The second kappa shape index (κ2) is 53.2. The summed E-state index contributed by atoms with van der Waals surface area (Å²) in [5, 5.41) is 0. The largest absolute Gasteiger partial charge is 0.462 e. The molecule has 65 heavy (non-hydrogen) atoms. The topological polar surface area (TPSA) is 78.9 Å². The van der Waals surface area contributed by atoms with Crippen molar-refractivity contribution in [1.82, 2.24) is 0 Å². The molecule has 0 aliphatic heterocycles. The number of ether oxygens (including phenoxy) is 3. The second-order valence-electron chi connectivity index (χ2n) is 17.7. The Kier molecular flexibility index (Phi) is 50.4. The van der Waals surface area contributed by atoms with E-state index >= 15 is 0 Å². The summed E-state index contributed by atoms with van der Waals surface area (Å²) in [6, 6.07) is 0. The molecule has 0 heterocycles. The first-order chi connectivity index (χ1) is 32.0. The molecule has 372 valence electrons. The van der Waals surface area contributed by atoms with Crippen LogP contribution in [0, 0.1) is 0 Å². The third-order valence-electron chi connectivity index (χ3n) is 11.4. The van der Waals surface area contributed by atoms with Gasteiger partial charge in [0, 0.05) is 19.3 Å². The molecule has 0 bridgehead atoms. The third-order valence-corrected chi connectivity index (χ3v) is 11.4. The fraction of sp³-hybridized carbons (Fsp3) is 0.712. The van der Waals surface area contributed by atoms with E-state index in [9.17, 15) is 14.4 Å². The predicted molar refractivity (Wildman–Crippen MR) is 279 cm³/mol. The summed E-state index contributed by atoms with van der Waals surface area (Å²) >= 11 is 0. The number of esters is 3. The van der Waals surface area contributed by atoms with Crippen LogP contribution in [0.15, 0.2) is 85.1 Å². The van der Waals surface area contributed by atoms with Crippen molar-refractivity contribution in [1.29, 1.82) is 0 Å². The number of hydrogen-bond donors (Lipinski definition) is 0. The van der Waals surface area contributed by atoms with Crippen molar-refractivity contribution in [2.75, 3.05) is 13.2 Å². The number of allylic oxidation sites excluding steroid dienone is 14. The number of carbonyl (C=O) groups is 3. The van der Waals surface area contributed by atoms with Crippen LogP contribution >= 0.6 is 0 Å². The van der Waals surface area contributed by atoms with Crippen molar-refractivity contribution in [3.8, 4) is 0 Å². The van der Waals surface area contributed by atoms with E-state index in [-0.39, 0.29) is 31.6 Å². The fourth-order valence-electron chi connectivity index (χ4n) is 7.30. The van der Waals surface area contributed by atoms with E-state index in [2.05, 4.69) is 93.7 Å². The molecule has 0 saturated carbocycles. The maximum absolute atomic E-state index is 12.8. The molecule has 1 atom stereocenters. The molecule has 0 amide bonds. The van der Waals surface area contributed by atoms with Crippen molar-refractivity contribution >= 4 is 17.9 Å². The molecule has 0 rings (SSSR count). The van der Waals surface area contributed by atoms with Crippen LogP contribution < -0.4 is 0 Å². The fourth-order valence-corrected chi connectivity index (χ4v) is 7.30. The van der Waals surface area contributed by atoms with Crippen molar-refractivity contribution < 1.29 is 28.6 Å². The smallest absolute Gasteiger partial charge is 0.306 e. The normalized spacial score (nSPS) is 12.7. The molecule has 0 aliphatic rings. The highest BCUT2D eigenvalue weighted by Crippen LogP contribution is 2.14. The molecule has 1 unspecified atom stereocenters. The van der Waals surface area contributed by atoms with E-state index < -0.39 is 12.1 Å². The molecular formula is C59H100O6. The van der Waals surface area contributed by atoms with E-state index in [1.807, 2.05) is 12.2 Å². The van der Waals surface area contributed by atoms with Gasteiger partial charge >= 0.3 is 17.9 Å². The van der Waals surface area contributed by atoms with Gasteiger partial charge in [-0.2, -0.15) is 0 Å².